The molecule has 3 amide bonds. The molecule has 2 heterocycles. The molecule has 2 saturated heterocycles. The normalized spacial score (nSPS) is 21.3. The molecule has 2 aliphatic heterocycles. The van der Waals surface area contributed by atoms with Gasteiger partial charge >= 0.3 is 6.03 Å². The summed E-state index contributed by atoms with van der Waals surface area (Å²) < 4.78 is 0. The fourth-order valence-electron chi connectivity index (χ4n) is 3.76. The third-order valence-corrected chi connectivity index (χ3v) is 5.23. The number of primary amides is 1. The van der Waals surface area contributed by atoms with Crippen molar-refractivity contribution in [3.63, 3.8) is 0 Å². The average molecular weight is 355 g/mol. The maximum Gasteiger partial charge on any atom is 0.314 e. The lowest BCUT2D eigenvalue weighted by molar-refractivity contribution is -0.138. The van der Waals surface area contributed by atoms with Gasteiger partial charge in [-0.05, 0) is 30.5 Å². The molecule has 26 heavy (non-hydrogen) atoms. The Morgan fingerprint density at radius 2 is 1.92 bits per heavy atom. The van der Waals surface area contributed by atoms with Gasteiger partial charge in [-0.1, -0.05) is 12.1 Å². The Morgan fingerprint density at radius 3 is 2.62 bits per heavy atom. The van der Waals surface area contributed by atoms with Gasteiger partial charge in [0, 0.05) is 45.8 Å². The van der Waals surface area contributed by atoms with Gasteiger partial charge in [-0.2, -0.15) is 5.26 Å². The standard InChI is InChI=1S/C19H25N5O2/c20-12-15-3-1-4-16(11-15)13-22-7-9-23(10-8-22)18(25)17-5-2-6-24(14-17)19(21)26/h1,3-4,11,17H,2,5-10,13-14H2,(H2,21,26)/t17-/m0/s1. The summed E-state index contributed by atoms with van der Waals surface area (Å²) >= 11 is 0. The highest BCUT2D eigenvalue weighted by Gasteiger charge is 2.32. The van der Waals surface area contributed by atoms with E-state index in [4.69, 9.17) is 11.0 Å². The molecular weight excluding hydrogens is 330 g/mol. The van der Waals surface area contributed by atoms with E-state index in [0.29, 0.717) is 31.7 Å². The van der Waals surface area contributed by atoms with Crippen LogP contribution in [0.1, 0.15) is 24.0 Å². The molecule has 0 radical (unpaired) electrons. The highest BCUT2D eigenvalue weighted by atomic mass is 16.2. The predicted octanol–water partition coefficient (Wildman–Crippen LogP) is 0.993. The molecule has 0 saturated carbocycles. The number of piperidine rings is 1. The van der Waals surface area contributed by atoms with Crippen molar-refractivity contribution in [1.82, 2.24) is 14.7 Å². The number of nitrogens with two attached hydrogens (primary N) is 1. The Balaban J connectivity index is 1.50. The highest BCUT2D eigenvalue weighted by molar-refractivity contribution is 5.80. The molecule has 7 nitrogen and oxygen atoms in total. The Kier molecular flexibility index (Phi) is 5.74. The van der Waals surface area contributed by atoms with Gasteiger partial charge in [0.15, 0.2) is 0 Å². The highest BCUT2D eigenvalue weighted by Crippen LogP contribution is 2.20. The van der Waals surface area contributed by atoms with Crippen LogP contribution in [0.15, 0.2) is 24.3 Å². The number of carbonyl (C=O) groups is 2. The van der Waals surface area contributed by atoms with Gasteiger partial charge in [0.1, 0.15) is 0 Å². The lowest BCUT2D eigenvalue weighted by Gasteiger charge is -2.38. The topological polar surface area (TPSA) is 93.7 Å². The fourth-order valence-corrected chi connectivity index (χ4v) is 3.76. The molecule has 2 aliphatic rings. The average Bonchev–Trinajstić information content (AvgIpc) is 2.68. The quantitative estimate of drug-likeness (QED) is 0.875. The van der Waals surface area contributed by atoms with Crippen molar-refractivity contribution in [3.05, 3.63) is 35.4 Å². The van der Waals surface area contributed by atoms with Crippen molar-refractivity contribution in [1.29, 1.82) is 5.26 Å². The zero-order valence-electron chi connectivity index (χ0n) is 14.9. The summed E-state index contributed by atoms with van der Waals surface area (Å²) in [6.45, 7) is 4.90. The maximum absolute atomic E-state index is 12.8. The number of nitrogens with zero attached hydrogens (tertiary/aromatic N) is 4. The second kappa shape index (κ2) is 8.19. The van der Waals surface area contributed by atoms with Gasteiger partial charge in [-0.3, -0.25) is 9.69 Å². The van der Waals surface area contributed by atoms with E-state index in [2.05, 4.69) is 11.0 Å². The lowest BCUT2D eigenvalue weighted by atomic mass is 9.96. The van der Waals surface area contributed by atoms with Crippen molar-refractivity contribution in [2.24, 2.45) is 11.7 Å². The van der Waals surface area contributed by atoms with Crippen molar-refractivity contribution < 1.29 is 9.59 Å². The number of likely N-dealkylation sites (tertiary alicyclic amines) is 1. The van der Waals surface area contributed by atoms with Crippen molar-refractivity contribution in [2.75, 3.05) is 39.3 Å². The van der Waals surface area contributed by atoms with Crippen LogP contribution in [0, 0.1) is 17.2 Å². The molecular formula is C19H25N5O2. The van der Waals surface area contributed by atoms with E-state index in [-0.39, 0.29) is 11.8 Å². The van der Waals surface area contributed by atoms with Gasteiger partial charge in [-0.25, -0.2) is 4.79 Å². The second-order valence-corrected chi connectivity index (χ2v) is 7.04. The number of carbonyl (C=O) groups excluding carboxylic acids is 2. The van der Waals surface area contributed by atoms with Gasteiger partial charge in [0.25, 0.3) is 0 Å². The molecule has 0 aliphatic carbocycles. The number of benzene rings is 1. The zero-order valence-corrected chi connectivity index (χ0v) is 14.9. The molecule has 0 aromatic heterocycles. The molecule has 2 fully saturated rings. The van der Waals surface area contributed by atoms with E-state index < -0.39 is 6.03 Å². The summed E-state index contributed by atoms with van der Waals surface area (Å²) in [5.74, 6) is 0.0113. The molecule has 0 bridgehead atoms. The number of urea groups is 1. The van der Waals surface area contributed by atoms with Gasteiger partial charge in [0.2, 0.25) is 5.91 Å². The monoisotopic (exact) mass is 355 g/mol. The smallest absolute Gasteiger partial charge is 0.314 e. The largest absolute Gasteiger partial charge is 0.351 e. The van der Waals surface area contributed by atoms with Crippen LogP contribution in [0.2, 0.25) is 0 Å². The summed E-state index contributed by atoms with van der Waals surface area (Å²) in [5.41, 5.74) is 7.15. The first-order valence-corrected chi connectivity index (χ1v) is 9.11. The number of piperazine rings is 1. The summed E-state index contributed by atoms with van der Waals surface area (Å²) in [5, 5.41) is 9.00. The molecule has 138 valence electrons. The first-order valence-electron chi connectivity index (χ1n) is 9.11. The number of hydrogen-bond donors (Lipinski definition) is 1. The van der Waals surface area contributed by atoms with Gasteiger partial charge < -0.3 is 15.5 Å². The van der Waals surface area contributed by atoms with E-state index in [1.165, 1.54) is 0 Å². The lowest BCUT2D eigenvalue weighted by Crippen LogP contribution is -2.53. The third kappa shape index (κ3) is 4.33. The van der Waals surface area contributed by atoms with Gasteiger partial charge in [0.05, 0.1) is 17.6 Å². The minimum absolute atomic E-state index is 0.130. The SMILES string of the molecule is N#Cc1cccc(CN2CCN(C(=O)[C@H]3CCCN(C(N)=O)C3)CC2)c1. The third-order valence-electron chi connectivity index (χ3n) is 5.23. The van der Waals surface area contributed by atoms with Gasteiger partial charge in [-0.15, -0.1) is 0 Å². The number of rotatable bonds is 3. The molecule has 1 aromatic rings. The van der Waals surface area contributed by atoms with Crippen LogP contribution in [0.4, 0.5) is 4.79 Å². The summed E-state index contributed by atoms with van der Waals surface area (Å²) in [4.78, 5) is 29.9. The molecule has 3 rings (SSSR count). The van der Waals surface area contributed by atoms with Crippen LogP contribution >= 0.6 is 0 Å². The Hall–Kier alpha value is -2.59. The van der Waals surface area contributed by atoms with Crippen LogP contribution in [0.3, 0.4) is 0 Å². The minimum Gasteiger partial charge on any atom is -0.351 e. The summed E-state index contributed by atoms with van der Waals surface area (Å²) in [6, 6.07) is 9.38. The van der Waals surface area contributed by atoms with E-state index in [0.717, 1.165) is 38.0 Å². The summed E-state index contributed by atoms with van der Waals surface area (Å²) in [7, 11) is 0. The Bertz CT molecular complexity index is 706. The van der Waals surface area contributed by atoms with E-state index in [1.54, 1.807) is 11.0 Å². The van der Waals surface area contributed by atoms with Crippen LogP contribution in [-0.2, 0) is 11.3 Å². The van der Waals surface area contributed by atoms with E-state index in [9.17, 15) is 9.59 Å². The molecule has 0 unspecified atom stereocenters. The minimum atomic E-state index is -0.438. The number of nitriles is 1. The van der Waals surface area contributed by atoms with Crippen molar-refractivity contribution in [2.45, 2.75) is 19.4 Å². The van der Waals surface area contributed by atoms with Crippen LogP contribution in [-0.4, -0.2) is 65.9 Å². The van der Waals surface area contributed by atoms with Crippen molar-refractivity contribution in [3.8, 4) is 6.07 Å². The molecule has 2 N–H and O–H groups in total. The maximum atomic E-state index is 12.8. The van der Waals surface area contributed by atoms with Crippen LogP contribution < -0.4 is 5.73 Å². The molecule has 7 heteroatoms. The molecule has 0 spiro atoms. The summed E-state index contributed by atoms with van der Waals surface area (Å²) in [6.07, 6.45) is 1.65. The number of amides is 3. The van der Waals surface area contributed by atoms with E-state index >= 15 is 0 Å². The van der Waals surface area contributed by atoms with Crippen LogP contribution in [0.25, 0.3) is 0 Å². The molecule has 1 aromatic carbocycles. The second-order valence-electron chi connectivity index (χ2n) is 7.04. The van der Waals surface area contributed by atoms with Crippen molar-refractivity contribution >= 4 is 11.9 Å². The van der Waals surface area contributed by atoms with E-state index in [1.807, 2.05) is 23.1 Å². The predicted molar refractivity (Wildman–Crippen MR) is 96.9 cm³/mol. The Morgan fingerprint density at radius 1 is 1.15 bits per heavy atom. The first-order chi connectivity index (χ1) is 12.6. The Labute approximate surface area is 153 Å². The number of hydrogen-bond acceptors (Lipinski definition) is 4. The molecule has 1 atom stereocenters. The van der Waals surface area contributed by atoms with Crippen LogP contribution in [0.5, 0.6) is 0 Å². The first kappa shape index (κ1) is 18.2. The zero-order chi connectivity index (χ0) is 18.5. The fraction of sp³-hybridized carbons (Fsp3) is 0.526.